The average Bonchev–Trinajstić information content (AvgIpc) is 3.09. The zero-order valence-electron chi connectivity index (χ0n) is 26.6. The molecule has 0 bridgehead atoms. The first-order valence-electron chi connectivity index (χ1n) is 14.3. The average molecular weight is 802 g/mol. The molecule has 0 atom stereocenters. The molecule has 0 fully saturated rings. The van der Waals surface area contributed by atoms with Crippen LogP contribution in [0, 0.1) is 30.3 Å². The highest BCUT2D eigenvalue weighted by Gasteiger charge is 2.27. The fraction of sp³-hybridized carbons (Fsp3) is 0. The number of nitro benzene ring substituents is 3. The molecule has 5 aromatic carbocycles. The van der Waals surface area contributed by atoms with Gasteiger partial charge < -0.3 is 20.4 Å². The largest absolute Gasteiger partial charge is 0.506 e. The van der Waals surface area contributed by atoms with Gasteiger partial charge in [0.2, 0.25) is 5.75 Å². The zero-order valence-corrected chi connectivity index (χ0v) is 28.2. The van der Waals surface area contributed by atoms with E-state index in [0.29, 0.717) is 30.3 Å². The summed E-state index contributed by atoms with van der Waals surface area (Å²) in [6.45, 7) is 0. The number of nitro groups is 3. The number of rotatable bonds is 12. The first kappa shape index (κ1) is 38.6. The van der Waals surface area contributed by atoms with E-state index < -0.39 is 118 Å². The Bertz CT molecular complexity index is 2740. The summed E-state index contributed by atoms with van der Waals surface area (Å²) in [6, 6.07) is 9.08. The Hall–Kier alpha value is -7.62. The maximum absolute atomic E-state index is 12.3. The molecule has 5 rings (SSSR count). The fourth-order valence-electron chi connectivity index (χ4n) is 4.65. The molecule has 0 aliphatic carbocycles. The van der Waals surface area contributed by atoms with Crippen LogP contribution in [0.5, 0.6) is 23.0 Å². The molecule has 5 aromatic rings. The lowest BCUT2D eigenvalue weighted by molar-refractivity contribution is -0.394. The van der Waals surface area contributed by atoms with E-state index in [2.05, 4.69) is 31.3 Å². The highest BCUT2D eigenvalue weighted by atomic mass is 32.2. The molecule has 0 unspecified atom stereocenters. The number of aromatic hydroxyl groups is 4. The summed E-state index contributed by atoms with van der Waals surface area (Å²) in [5.41, 5.74) is -0.671. The van der Waals surface area contributed by atoms with E-state index in [1.807, 2.05) is 0 Å². The molecule has 0 amide bonds. The molecule has 8 N–H and O–H groups in total. The van der Waals surface area contributed by atoms with Crippen LogP contribution >= 0.6 is 0 Å². The number of hydrogen-bond donors (Lipinski definition) is 8. The molecular formula is C28H19N9O16S2. The van der Waals surface area contributed by atoms with Gasteiger partial charge in [-0.05, 0) is 41.8 Å². The number of hydrogen-bond acceptors (Lipinski definition) is 20. The molecule has 55 heavy (non-hydrogen) atoms. The number of benzene rings is 5. The second-order valence-electron chi connectivity index (χ2n) is 10.7. The lowest BCUT2D eigenvalue weighted by Gasteiger charge is -2.17. The van der Waals surface area contributed by atoms with Gasteiger partial charge in [0, 0.05) is 24.3 Å². The van der Waals surface area contributed by atoms with E-state index in [-0.39, 0.29) is 11.4 Å². The summed E-state index contributed by atoms with van der Waals surface area (Å²) in [6.07, 6.45) is 0. The van der Waals surface area contributed by atoms with Gasteiger partial charge in [0.15, 0.2) is 5.75 Å². The highest BCUT2D eigenvalue weighted by Crippen LogP contribution is 2.46. The predicted octanol–water partition coefficient (Wildman–Crippen LogP) is 6.15. The minimum absolute atomic E-state index is 0.0807. The van der Waals surface area contributed by atoms with Gasteiger partial charge in [-0.2, -0.15) is 21.9 Å². The number of nitrogens with one attached hydrogen (secondary N) is 2. The number of non-ortho nitro benzene ring substituents is 2. The van der Waals surface area contributed by atoms with Crippen LogP contribution in [0.4, 0.5) is 51.2 Å². The number of phenols is 4. The third kappa shape index (κ3) is 8.23. The van der Waals surface area contributed by atoms with Crippen molar-refractivity contribution in [3.05, 3.63) is 97.1 Å². The summed E-state index contributed by atoms with van der Waals surface area (Å²) in [5.74, 6) is -3.71. The molecule has 0 radical (unpaired) electrons. The second-order valence-corrected chi connectivity index (χ2v) is 13.5. The Morgan fingerprint density at radius 1 is 0.582 bits per heavy atom. The third-order valence-electron chi connectivity index (χ3n) is 7.18. The monoisotopic (exact) mass is 801 g/mol. The topological polar surface area (TPSA) is 393 Å². The summed E-state index contributed by atoms with van der Waals surface area (Å²) in [7, 11) is -10.3. The Labute approximate surface area is 304 Å². The SMILES string of the molecule is O=[N+]([O-])c1ccc(N=Nc2c(S(=O)(=O)O)cc3cc(S(=O)(=O)O)cc(NNc4cc(N=Nc5cc([N+](=O)[O-])cc([N+](=O)[O-])c5O)c(O)cc4O)c3c2O)cc1. The third-order valence-corrected chi connectivity index (χ3v) is 8.88. The van der Waals surface area contributed by atoms with E-state index in [1.165, 1.54) is 0 Å². The van der Waals surface area contributed by atoms with Crippen molar-refractivity contribution in [2.24, 2.45) is 20.5 Å². The Kier molecular flexibility index (Phi) is 10.1. The number of azo groups is 2. The normalized spacial score (nSPS) is 12.0. The summed E-state index contributed by atoms with van der Waals surface area (Å²) in [5, 5.41) is 89.5. The molecule has 284 valence electrons. The van der Waals surface area contributed by atoms with Crippen LogP contribution in [0.1, 0.15) is 0 Å². The molecule has 0 aliphatic heterocycles. The molecular weight excluding hydrogens is 782 g/mol. The van der Waals surface area contributed by atoms with Crippen LogP contribution < -0.4 is 10.9 Å². The number of fused-ring (bicyclic) bond motifs is 1. The fourth-order valence-corrected chi connectivity index (χ4v) is 5.85. The number of phenolic OH excluding ortho intramolecular Hbond substituents is 4. The van der Waals surface area contributed by atoms with E-state index >= 15 is 0 Å². The molecule has 25 nitrogen and oxygen atoms in total. The number of hydrazine groups is 1. The van der Waals surface area contributed by atoms with Gasteiger partial charge in [0.05, 0.1) is 48.2 Å². The van der Waals surface area contributed by atoms with E-state index in [0.717, 1.165) is 36.4 Å². The molecule has 0 saturated heterocycles. The summed E-state index contributed by atoms with van der Waals surface area (Å²) >= 11 is 0. The van der Waals surface area contributed by atoms with Crippen molar-refractivity contribution in [2.75, 3.05) is 10.9 Å². The van der Waals surface area contributed by atoms with Crippen molar-refractivity contribution in [3.63, 3.8) is 0 Å². The van der Waals surface area contributed by atoms with Crippen molar-refractivity contribution in [1.29, 1.82) is 0 Å². The van der Waals surface area contributed by atoms with Crippen LogP contribution in [-0.4, -0.2) is 61.1 Å². The van der Waals surface area contributed by atoms with Gasteiger partial charge in [0.1, 0.15) is 33.5 Å². The lowest BCUT2D eigenvalue weighted by Crippen LogP contribution is -2.11. The van der Waals surface area contributed by atoms with Gasteiger partial charge in [0.25, 0.3) is 31.6 Å². The van der Waals surface area contributed by atoms with Crippen LogP contribution in [-0.2, 0) is 20.2 Å². The first-order chi connectivity index (χ1) is 25.6. The van der Waals surface area contributed by atoms with Gasteiger partial charge in [-0.1, -0.05) is 0 Å². The van der Waals surface area contributed by atoms with Crippen molar-refractivity contribution < 1.29 is 61.1 Å². The van der Waals surface area contributed by atoms with Crippen molar-refractivity contribution >= 4 is 82.2 Å². The van der Waals surface area contributed by atoms with Crippen molar-refractivity contribution in [1.82, 2.24) is 0 Å². The number of nitrogens with zero attached hydrogens (tertiary/aromatic N) is 7. The van der Waals surface area contributed by atoms with Crippen LogP contribution in [0.2, 0.25) is 0 Å². The van der Waals surface area contributed by atoms with Gasteiger partial charge in [-0.3, -0.25) is 50.3 Å². The zero-order chi connectivity index (χ0) is 40.6. The first-order valence-corrected chi connectivity index (χ1v) is 17.1. The second kappa shape index (κ2) is 14.4. The predicted molar refractivity (Wildman–Crippen MR) is 185 cm³/mol. The minimum Gasteiger partial charge on any atom is -0.506 e. The van der Waals surface area contributed by atoms with Crippen LogP contribution in [0.3, 0.4) is 0 Å². The van der Waals surface area contributed by atoms with Crippen molar-refractivity contribution in [2.45, 2.75) is 9.79 Å². The standard InChI is InChI=1S/C28H19N9O16S2/c38-22-11-23(39)18(31-33-20-7-15(36(44)45)8-21(27(20)40)37(46)47)10-17(22)30-32-19-9-16(54(48,49)50)5-12-6-24(55(51,52)53)26(28(41)25(12)19)34-29-13-1-3-14(4-2-13)35(42)43/h1-11,30,32,38-41H,(H,48,49,50)(H,51,52,53). The number of anilines is 2. The molecule has 0 aliphatic rings. The molecule has 0 heterocycles. The van der Waals surface area contributed by atoms with E-state index in [4.69, 9.17) is 0 Å². The maximum Gasteiger partial charge on any atom is 0.319 e. The Morgan fingerprint density at radius 2 is 1.20 bits per heavy atom. The summed E-state index contributed by atoms with van der Waals surface area (Å²) < 4.78 is 68.7. The maximum atomic E-state index is 12.3. The quantitative estimate of drug-likeness (QED) is 0.0175. The molecule has 0 saturated carbocycles. The van der Waals surface area contributed by atoms with E-state index in [1.54, 1.807) is 0 Å². The minimum atomic E-state index is -5.25. The van der Waals surface area contributed by atoms with Gasteiger partial charge >= 0.3 is 5.69 Å². The van der Waals surface area contributed by atoms with Gasteiger partial charge in [-0.25, -0.2) is 0 Å². The van der Waals surface area contributed by atoms with Crippen LogP contribution in [0.25, 0.3) is 10.8 Å². The lowest BCUT2D eigenvalue weighted by atomic mass is 10.1. The summed E-state index contributed by atoms with van der Waals surface area (Å²) in [4.78, 5) is 28.6. The molecule has 0 aromatic heterocycles. The van der Waals surface area contributed by atoms with Crippen molar-refractivity contribution in [3.8, 4) is 23.0 Å². The molecule has 27 heteroatoms. The Balaban J connectivity index is 1.60. The van der Waals surface area contributed by atoms with E-state index in [9.17, 15) is 76.7 Å². The van der Waals surface area contributed by atoms with Crippen LogP contribution in [0.15, 0.2) is 97.0 Å². The molecule has 0 spiro atoms. The Morgan fingerprint density at radius 3 is 1.78 bits per heavy atom. The highest BCUT2D eigenvalue weighted by molar-refractivity contribution is 7.86. The van der Waals surface area contributed by atoms with Gasteiger partial charge in [-0.15, -0.1) is 15.3 Å². The smallest absolute Gasteiger partial charge is 0.319 e.